The van der Waals surface area contributed by atoms with Gasteiger partial charge in [-0.25, -0.2) is 0 Å². The van der Waals surface area contributed by atoms with Gasteiger partial charge in [0.1, 0.15) is 0 Å². The van der Waals surface area contributed by atoms with Gasteiger partial charge in [0.2, 0.25) is 0 Å². The summed E-state index contributed by atoms with van der Waals surface area (Å²) >= 11 is 0. The lowest BCUT2D eigenvalue weighted by atomic mass is 10.2. The second-order valence-electron chi connectivity index (χ2n) is 2.74. The fourth-order valence-electron chi connectivity index (χ4n) is 0.901. The maximum absolute atomic E-state index is 5.51. The van der Waals surface area contributed by atoms with E-state index in [-0.39, 0.29) is 0 Å². The molecule has 0 fully saturated rings. The van der Waals surface area contributed by atoms with Crippen LogP contribution in [0.5, 0.6) is 0 Å². The van der Waals surface area contributed by atoms with Crippen molar-refractivity contribution in [2.75, 3.05) is 6.61 Å². The molecule has 0 aliphatic rings. The molecule has 0 rings (SSSR count). The van der Waals surface area contributed by atoms with Crippen molar-refractivity contribution in [2.45, 2.75) is 39.5 Å². The van der Waals surface area contributed by atoms with E-state index in [0.29, 0.717) is 0 Å². The lowest BCUT2D eigenvalue weighted by Gasteiger charge is -2.06. The molecule has 12 heavy (non-hydrogen) atoms. The highest BCUT2D eigenvalue weighted by Gasteiger charge is 1.92. The van der Waals surface area contributed by atoms with Gasteiger partial charge >= 0.3 is 0 Å². The van der Waals surface area contributed by atoms with E-state index in [1.807, 2.05) is 6.08 Å². The monoisotopic (exact) mass is 168 g/mol. The van der Waals surface area contributed by atoms with Crippen molar-refractivity contribution in [1.82, 2.24) is 0 Å². The first-order chi connectivity index (χ1) is 5.85. The molecule has 0 unspecified atom stereocenters. The molecule has 0 saturated heterocycles. The summed E-state index contributed by atoms with van der Waals surface area (Å²) < 4.78 is 5.51. The molecular formula is C11H20O. The highest BCUT2D eigenvalue weighted by Crippen LogP contribution is 2.06. The third-order valence-electron chi connectivity index (χ3n) is 1.58. The molecule has 0 aromatic rings. The Labute approximate surface area is 76.1 Å². The Bertz CT molecular complexity index is 136. The third-order valence-corrected chi connectivity index (χ3v) is 1.58. The summed E-state index contributed by atoms with van der Waals surface area (Å²) in [6, 6.07) is 0. The van der Waals surface area contributed by atoms with Crippen LogP contribution in [0.25, 0.3) is 0 Å². The predicted octanol–water partition coefficient (Wildman–Crippen LogP) is 3.67. The van der Waals surface area contributed by atoms with Crippen LogP contribution in [0.15, 0.2) is 24.5 Å². The van der Waals surface area contributed by atoms with Crippen LogP contribution < -0.4 is 0 Å². The molecule has 0 bridgehead atoms. The second kappa shape index (κ2) is 8.38. The molecule has 1 heteroatoms. The fraction of sp³-hybridized carbons (Fsp3) is 0.636. The molecule has 0 spiro atoms. The van der Waals surface area contributed by atoms with Crippen LogP contribution in [0, 0.1) is 0 Å². The summed E-state index contributed by atoms with van der Waals surface area (Å²) in [4.78, 5) is 0. The van der Waals surface area contributed by atoms with Gasteiger partial charge in [0.15, 0.2) is 0 Å². The molecule has 70 valence electrons. The highest BCUT2D eigenvalue weighted by molar-refractivity contribution is 4.93. The van der Waals surface area contributed by atoms with Gasteiger partial charge in [0.25, 0.3) is 0 Å². The van der Waals surface area contributed by atoms with Gasteiger partial charge in [0, 0.05) is 6.42 Å². The fourth-order valence-corrected chi connectivity index (χ4v) is 0.901. The first-order valence-corrected chi connectivity index (χ1v) is 4.77. The molecule has 0 aromatic carbocycles. The zero-order chi connectivity index (χ0) is 9.23. The zero-order valence-electron chi connectivity index (χ0n) is 8.31. The summed E-state index contributed by atoms with van der Waals surface area (Å²) in [5.41, 5.74) is 0. The molecule has 0 amide bonds. The van der Waals surface area contributed by atoms with Gasteiger partial charge in [-0.05, 0) is 25.3 Å². The Balaban J connectivity index is 3.62. The van der Waals surface area contributed by atoms with Crippen molar-refractivity contribution < 1.29 is 4.74 Å². The van der Waals surface area contributed by atoms with Gasteiger partial charge < -0.3 is 4.74 Å². The Morgan fingerprint density at radius 2 is 2.08 bits per heavy atom. The molecule has 0 aromatic heterocycles. The average Bonchev–Trinajstić information content (AvgIpc) is 2.11. The lowest BCUT2D eigenvalue weighted by molar-refractivity contribution is 0.203. The Kier molecular flexibility index (Phi) is 7.87. The van der Waals surface area contributed by atoms with E-state index in [2.05, 4.69) is 26.5 Å². The largest absolute Gasteiger partial charge is 0.498 e. The summed E-state index contributed by atoms with van der Waals surface area (Å²) in [6.45, 7) is 8.76. The van der Waals surface area contributed by atoms with Crippen molar-refractivity contribution in [3.63, 3.8) is 0 Å². The third kappa shape index (κ3) is 6.02. The quantitative estimate of drug-likeness (QED) is 0.320. The maximum atomic E-state index is 5.51. The molecule has 0 heterocycles. The number of hydrogen-bond acceptors (Lipinski definition) is 1. The van der Waals surface area contributed by atoms with E-state index in [1.54, 1.807) is 0 Å². The van der Waals surface area contributed by atoms with Crippen LogP contribution in [0.2, 0.25) is 0 Å². The van der Waals surface area contributed by atoms with Crippen LogP contribution in [-0.2, 0) is 4.74 Å². The second-order valence-corrected chi connectivity index (χ2v) is 2.74. The van der Waals surface area contributed by atoms with E-state index in [4.69, 9.17) is 4.74 Å². The van der Waals surface area contributed by atoms with Crippen molar-refractivity contribution in [1.29, 1.82) is 0 Å². The van der Waals surface area contributed by atoms with Crippen LogP contribution in [0.1, 0.15) is 39.5 Å². The number of rotatable bonds is 7. The van der Waals surface area contributed by atoms with E-state index in [9.17, 15) is 0 Å². The molecule has 0 aliphatic carbocycles. The standard InChI is InChI=1S/C11H20O/c1-4-7-8-9-11(6-3)12-10-5-2/h4,9H,1,5-8,10H2,2-3H3/b11-9+. The Hall–Kier alpha value is -0.720. The molecular weight excluding hydrogens is 148 g/mol. The normalized spacial score (nSPS) is 11.3. The summed E-state index contributed by atoms with van der Waals surface area (Å²) in [7, 11) is 0. The average molecular weight is 168 g/mol. The van der Waals surface area contributed by atoms with E-state index >= 15 is 0 Å². The molecule has 1 nitrogen and oxygen atoms in total. The molecule has 0 N–H and O–H groups in total. The smallest absolute Gasteiger partial charge is 0.0917 e. The van der Waals surface area contributed by atoms with E-state index < -0.39 is 0 Å². The van der Waals surface area contributed by atoms with Gasteiger partial charge in [-0.15, -0.1) is 6.58 Å². The zero-order valence-corrected chi connectivity index (χ0v) is 8.31. The highest BCUT2D eigenvalue weighted by atomic mass is 16.5. The number of ether oxygens (including phenoxy) is 1. The van der Waals surface area contributed by atoms with Crippen molar-refractivity contribution in [2.24, 2.45) is 0 Å². The van der Waals surface area contributed by atoms with Gasteiger partial charge in [-0.1, -0.05) is 19.9 Å². The van der Waals surface area contributed by atoms with Crippen LogP contribution >= 0.6 is 0 Å². The minimum absolute atomic E-state index is 0.841. The maximum Gasteiger partial charge on any atom is 0.0917 e. The first kappa shape index (κ1) is 11.3. The number of hydrogen-bond donors (Lipinski definition) is 0. The summed E-state index contributed by atoms with van der Waals surface area (Å²) in [6.07, 6.45) is 8.27. The first-order valence-electron chi connectivity index (χ1n) is 4.77. The van der Waals surface area contributed by atoms with Crippen molar-refractivity contribution in [3.05, 3.63) is 24.5 Å². The predicted molar refractivity (Wildman–Crippen MR) is 54.0 cm³/mol. The molecule has 0 aliphatic heterocycles. The lowest BCUT2D eigenvalue weighted by Crippen LogP contribution is -1.92. The minimum Gasteiger partial charge on any atom is -0.498 e. The van der Waals surface area contributed by atoms with E-state index in [0.717, 1.165) is 38.0 Å². The number of allylic oxidation sites excluding steroid dienone is 3. The summed E-state index contributed by atoms with van der Waals surface area (Å²) in [5.74, 6) is 1.12. The van der Waals surface area contributed by atoms with Crippen molar-refractivity contribution >= 4 is 0 Å². The van der Waals surface area contributed by atoms with E-state index in [1.165, 1.54) is 0 Å². The van der Waals surface area contributed by atoms with Crippen LogP contribution in [0.3, 0.4) is 0 Å². The Morgan fingerprint density at radius 1 is 1.33 bits per heavy atom. The van der Waals surface area contributed by atoms with Gasteiger partial charge in [-0.3, -0.25) is 0 Å². The molecule has 0 saturated carbocycles. The number of unbranched alkanes of at least 4 members (excludes halogenated alkanes) is 1. The van der Waals surface area contributed by atoms with Gasteiger partial charge in [0.05, 0.1) is 12.4 Å². The van der Waals surface area contributed by atoms with Crippen LogP contribution in [0.4, 0.5) is 0 Å². The molecule has 0 atom stereocenters. The van der Waals surface area contributed by atoms with Crippen LogP contribution in [-0.4, -0.2) is 6.61 Å². The molecule has 0 radical (unpaired) electrons. The van der Waals surface area contributed by atoms with Crippen molar-refractivity contribution in [3.8, 4) is 0 Å². The summed E-state index contributed by atoms with van der Waals surface area (Å²) in [5, 5.41) is 0. The SMILES string of the molecule is C=CCC/C=C(\CC)OCCC. The van der Waals surface area contributed by atoms with Gasteiger partial charge in [-0.2, -0.15) is 0 Å². The minimum atomic E-state index is 0.841. The Morgan fingerprint density at radius 3 is 2.58 bits per heavy atom. The topological polar surface area (TPSA) is 9.23 Å².